The van der Waals surface area contributed by atoms with E-state index in [4.69, 9.17) is 0 Å². The van der Waals surface area contributed by atoms with Gasteiger partial charge in [-0.3, -0.25) is 0 Å². The second-order valence-corrected chi connectivity index (χ2v) is 5.35. The van der Waals surface area contributed by atoms with E-state index in [1.54, 1.807) is 0 Å². The second-order valence-electron chi connectivity index (χ2n) is 5.35. The molecule has 0 saturated carbocycles. The van der Waals surface area contributed by atoms with Crippen molar-refractivity contribution in [2.75, 3.05) is 11.4 Å². The first-order chi connectivity index (χ1) is 10.1. The quantitative estimate of drug-likeness (QED) is 0.937. The molecule has 0 bridgehead atoms. The maximum absolute atomic E-state index is 11.3. The van der Waals surface area contributed by atoms with Crippen LogP contribution in [0.15, 0.2) is 30.7 Å². The molecule has 2 aromatic rings. The van der Waals surface area contributed by atoms with E-state index in [0.29, 0.717) is 12.2 Å². The van der Waals surface area contributed by atoms with Gasteiger partial charge in [0.1, 0.15) is 11.9 Å². The third-order valence-corrected chi connectivity index (χ3v) is 3.82. The van der Waals surface area contributed by atoms with Crippen LogP contribution < -0.4 is 4.90 Å². The van der Waals surface area contributed by atoms with E-state index < -0.39 is 5.97 Å². The highest BCUT2D eigenvalue weighted by atomic mass is 16.4. The van der Waals surface area contributed by atoms with E-state index in [-0.39, 0.29) is 5.56 Å². The molecule has 0 saturated heterocycles. The number of fused-ring (bicyclic) bond motifs is 1. The molecule has 1 aromatic heterocycles. The number of benzene rings is 1. The van der Waals surface area contributed by atoms with Crippen molar-refractivity contribution in [2.24, 2.45) is 0 Å². The standard InChI is InChI=1S/C16H17N3O2/c1-11-4-5-15-12(7-11)3-2-6-19(15)9-14-13(16(20)21)8-17-10-18-14/h4-5,7-8,10H,2-3,6,9H2,1H3,(H,20,21). The summed E-state index contributed by atoms with van der Waals surface area (Å²) in [4.78, 5) is 21.4. The monoisotopic (exact) mass is 283 g/mol. The number of hydrogen-bond donors (Lipinski definition) is 1. The summed E-state index contributed by atoms with van der Waals surface area (Å²) >= 11 is 0. The Hall–Kier alpha value is -2.43. The molecule has 0 spiro atoms. The lowest BCUT2D eigenvalue weighted by Crippen LogP contribution is -2.30. The van der Waals surface area contributed by atoms with Crippen molar-refractivity contribution >= 4 is 11.7 Å². The van der Waals surface area contributed by atoms with Gasteiger partial charge in [0.25, 0.3) is 0 Å². The highest BCUT2D eigenvalue weighted by molar-refractivity contribution is 5.88. The molecule has 0 unspecified atom stereocenters. The first kappa shape index (κ1) is 13.5. The van der Waals surface area contributed by atoms with Crippen LogP contribution in [0, 0.1) is 6.92 Å². The third kappa shape index (κ3) is 2.72. The van der Waals surface area contributed by atoms with Crippen molar-refractivity contribution in [3.8, 4) is 0 Å². The summed E-state index contributed by atoms with van der Waals surface area (Å²) in [7, 11) is 0. The zero-order valence-electron chi connectivity index (χ0n) is 11.9. The van der Waals surface area contributed by atoms with Crippen molar-refractivity contribution in [3.05, 3.63) is 53.1 Å². The number of hydrogen-bond acceptors (Lipinski definition) is 4. The van der Waals surface area contributed by atoms with Gasteiger partial charge in [-0.1, -0.05) is 17.7 Å². The molecular weight excluding hydrogens is 266 g/mol. The minimum Gasteiger partial charge on any atom is -0.478 e. The van der Waals surface area contributed by atoms with Crippen LogP contribution in [0.3, 0.4) is 0 Å². The number of anilines is 1. The van der Waals surface area contributed by atoms with Crippen molar-refractivity contribution in [1.29, 1.82) is 0 Å². The molecule has 0 amide bonds. The maximum atomic E-state index is 11.3. The Morgan fingerprint density at radius 3 is 3.10 bits per heavy atom. The number of nitrogens with zero attached hydrogens (tertiary/aromatic N) is 3. The summed E-state index contributed by atoms with van der Waals surface area (Å²) in [5.74, 6) is -0.980. The van der Waals surface area contributed by atoms with Gasteiger partial charge in [0.05, 0.1) is 12.2 Å². The summed E-state index contributed by atoms with van der Waals surface area (Å²) in [6, 6.07) is 6.42. The van der Waals surface area contributed by atoms with Crippen molar-refractivity contribution in [1.82, 2.24) is 9.97 Å². The third-order valence-electron chi connectivity index (χ3n) is 3.82. The van der Waals surface area contributed by atoms with Gasteiger partial charge >= 0.3 is 5.97 Å². The summed E-state index contributed by atoms with van der Waals surface area (Å²) in [6.45, 7) is 3.51. The predicted octanol–water partition coefficient (Wildman–Crippen LogP) is 2.44. The molecule has 1 aliphatic heterocycles. The first-order valence-corrected chi connectivity index (χ1v) is 7.02. The Kier molecular flexibility index (Phi) is 3.56. The summed E-state index contributed by atoms with van der Waals surface area (Å²) in [6.07, 6.45) is 4.92. The zero-order valence-corrected chi connectivity index (χ0v) is 11.9. The fraction of sp³-hybridized carbons (Fsp3) is 0.312. The van der Waals surface area contributed by atoms with Gasteiger partial charge in [-0.05, 0) is 31.4 Å². The van der Waals surface area contributed by atoms with Crippen LogP contribution in [-0.2, 0) is 13.0 Å². The minimum atomic E-state index is -0.980. The van der Waals surface area contributed by atoms with Crippen LogP contribution in [0.1, 0.15) is 33.6 Å². The SMILES string of the molecule is Cc1ccc2c(c1)CCCN2Cc1ncncc1C(=O)O. The van der Waals surface area contributed by atoms with Crippen molar-refractivity contribution < 1.29 is 9.90 Å². The molecular formula is C16H17N3O2. The lowest BCUT2D eigenvalue weighted by Gasteiger charge is -2.31. The van der Waals surface area contributed by atoms with Crippen LogP contribution in [0.4, 0.5) is 5.69 Å². The van der Waals surface area contributed by atoms with E-state index in [9.17, 15) is 9.90 Å². The first-order valence-electron chi connectivity index (χ1n) is 7.02. The molecule has 0 radical (unpaired) electrons. The molecule has 3 rings (SSSR count). The Morgan fingerprint density at radius 2 is 2.29 bits per heavy atom. The van der Waals surface area contributed by atoms with Gasteiger partial charge in [0, 0.05) is 18.4 Å². The number of aromatic carboxylic acids is 1. The fourth-order valence-electron chi connectivity index (χ4n) is 2.81. The minimum absolute atomic E-state index is 0.178. The number of carboxylic acids is 1. The molecule has 5 nitrogen and oxygen atoms in total. The number of carboxylic acid groups (broad SMARTS) is 1. The highest BCUT2D eigenvalue weighted by Crippen LogP contribution is 2.29. The average Bonchev–Trinajstić information content (AvgIpc) is 2.47. The molecule has 1 N–H and O–H groups in total. The normalized spacial score (nSPS) is 13.9. The lowest BCUT2D eigenvalue weighted by molar-refractivity contribution is 0.0694. The molecule has 2 heterocycles. The van der Waals surface area contributed by atoms with Crippen molar-refractivity contribution in [2.45, 2.75) is 26.3 Å². The largest absolute Gasteiger partial charge is 0.478 e. The summed E-state index contributed by atoms with van der Waals surface area (Å²) in [5.41, 5.74) is 4.50. The van der Waals surface area contributed by atoms with E-state index in [1.165, 1.54) is 29.3 Å². The van der Waals surface area contributed by atoms with E-state index in [0.717, 1.165) is 19.4 Å². The number of carbonyl (C=O) groups is 1. The topological polar surface area (TPSA) is 66.3 Å². The Bertz CT molecular complexity index is 685. The van der Waals surface area contributed by atoms with Gasteiger partial charge in [0.15, 0.2) is 0 Å². The lowest BCUT2D eigenvalue weighted by atomic mass is 9.99. The second kappa shape index (κ2) is 5.52. The maximum Gasteiger partial charge on any atom is 0.339 e. The van der Waals surface area contributed by atoms with Crippen molar-refractivity contribution in [3.63, 3.8) is 0 Å². The Morgan fingerprint density at radius 1 is 1.43 bits per heavy atom. The van der Waals surface area contributed by atoms with Crippen LogP contribution in [0.5, 0.6) is 0 Å². The molecule has 5 heteroatoms. The van der Waals surface area contributed by atoms with Crippen LogP contribution >= 0.6 is 0 Å². The Labute approximate surface area is 123 Å². The molecule has 1 aromatic carbocycles. The van der Waals surface area contributed by atoms with Crippen LogP contribution in [-0.4, -0.2) is 27.6 Å². The number of aromatic nitrogens is 2. The van der Waals surface area contributed by atoms with Gasteiger partial charge in [-0.2, -0.15) is 0 Å². The Balaban J connectivity index is 1.92. The summed E-state index contributed by atoms with van der Waals surface area (Å²) in [5, 5.41) is 9.23. The van der Waals surface area contributed by atoms with Crippen LogP contribution in [0.2, 0.25) is 0 Å². The van der Waals surface area contributed by atoms with E-state index in [1.807, 2.05) is 0 Å². The van der Waals surface area contributed by atoms with E-state index >= 15 is 0 Å². The zero-order chi connectivity index (χ0) is 14.8. The molecule has 108 valence electrons. The number of rotatable bonds is 3. The highest BCUT2D eigenvalue weighted by Gasteiger charge is 2.20. The molecule has 0 fully saturated rings. The molecule has 0 atom stereocenters. The molecule has 0 aliphatic carbocycles. The predicted molar refractivity (Wildman–Crippen MR) is 79.5 cm³/mol. The van der Waals surface area contributed by atoms with Gasteiger partial charge in [-0.25, -0.2) is 14.8 Å². The van der Waals surface area contributed by atoms with Gasteiger partial charge in [-0.15, -0.1) is 0 Å². The van der Waals surface area contributed by atoms with Gasteiger partial charge in [0.2, 0.25) is 0 Å². The molecule has 21 heavy (non-hydrogen) atoms. The number of aryl methyl sites for hydroxylation is 2. The van der Waals surface area contributed by atoms with Gasteiger partial charge < -0.3 is 10.0 Å². The average molecular weight is 283 g/mol. The fourth-order valence-corrected chi connectivity index (χ4v) is 2.81. The molecule has 1 aliphatic rings. The van der Waals surface area contributed by atoms with E-state index in [2.05, 4.69) is 40.0 Å². The summed E-state index contributed by atoms with van der Waals surface area (Å²) < 4.78 is 0. The van der Waals surface area contributed by atoms with Crippen LogP contribution in [0.25, 0.3) is 0 Å². The smallest absolute Gasteiger partial charge is 0.339 e.